The first-order chi connectivity index (χ1) is 11.1. The van der Waals surface area contributed by atoms with Gasteiger partial charge in [-0.15, -0.1) is 0 Å². The lowest BCUT2D eigenvalue weighted by Crippen LogP contribution is -2.49. The van der Waals surface area contributed by atoms with Crippen molar-refractivity contribution >= 4 is 5.91 Å². The molecule has 0 saturated carbocycles. The van der Waals surface area contributed by atoms with Crippen molar-refractivity contribution in [2.24, 2.45) is 5.73 Å². The number of fused-ring (bicyclic) bond motifs is 3. The van der Waals surface area contributed by atoms with E-state index in [2.05, 4.69) is 24.1 Å². The van der Waals surface area contributed by atoms with Crippen LogP contribution in [0, 0.1) is 0 Å². The topological polar surface area (TPSA) is 46.3 Å². The fraction of sp³-hybridized carbons (Fsp3) is 0.650. The quantitative estimate of drug-likeness (QED) is 0.910. The number of rotatable bonds is 2. The predicted octanol–water partition coefficient (Wildman–Crippen LogP) is 3.39. The van der Waals surface area contributed by atoms with Crippen LogP contribution in [0.15, 0.2) is 12.1 Å². The highest BCUT2D eigenvalue weighted by Crippen LogP contribution is 2.42. The van der Waals surface area contributed by atoms with Gasteiger partial charge in [0.1, 0.15) is 0 Å². The number of hydrogen-bond donors (Lipinski definition) is 1. The van der Waals surface area contributed by atoms with Crippen LogP contribution < -0.4 is 5.73 Å². The number of piperidine rings is 2. The number of amides is 1. The summed E-state index contributed by atoms with van der Waals surface area (Å²) in [5, 5.41) is 0. The number of primary amides is 1. The van der Waals surface area contributed by atoms with Gasteiger partial charge < -0.3 is 10.6 Å². The molecule has 23 heavy (non-hydrogen) atoms. The lowest BCUT2D eigenvalue weighted by molar-refractivity contribution is 0.0552. The zero-order valence-corrected chi connectivity index (χ0v) is 14.2. The number of nitrogens with two attached hydrogens (primary N) is 1. The lowest BCUT2D eigenvalue weighted by atomic mass is 9.73. The van der Waals surface area contributed by atoms with Crippen molar-refractivity contribution in [1.82, 2.24) is 4.90 Å². The molecule has 124 valence electrons. The van der Waals surface area contributed by atoms with Crippen molar-refractivity contribution in [3.8, 4) is 0 Å². The van der Waals surface area contributed by atoms with Crippen LogP contribution >= 0.6 is 0 Å². The first-order valence-corrected chi connectivity index (χ1v) is 9.31. The summed E-state index contributed by atoms with van der Waals surface area (Å²) in [6, 6.07) is 5.88. The lowest BCUT2D eigenvalue weighted by Gasteiger charge is -2.47. The Hall–Kier alpha value is -1.35. The number of carbonyl (C=O) groups is 1. The summed E-state index contributed by atoms with van der Waals surface area (Å²) in [7, 11) is 2.28. The Kier molecular flexibility index (Phi) is 3.92. The maximum absolute atomic E-state index is 12.3. The smallest absolute Gasteiger partial charge is 0.249 e. The summed E-state index contributed by atoms with van der Waals surface area (Å²) >= 11 is 0. The molecule has 3 atom stereocenters. The van der Waals surface area contributed by atoms with E-state index in [0.717, 1.165) is 18.4 Å². The van der Waals surface area contributed by atoms with Gasteiger partial charge in [-0.25, -0.2) is 0 Å². The Labute approximate surface area is 139 Å². The molecule has 3 heteroatoms. The number of aryl methyl sites for hydroxylation is 1. The Balaban J connectivity index is 1.73. The summed E-state index contributed by atoms with van der Waals surface area (Å²) < 4.78 is 0. The van der Waals surface area contributed by atoms with E-state index in [0.29, 0.717) is 18.0 Å². The highest BCUT2D eigenvalue weighted by Gasteiger charge is 2.38. The molecule has 1 aliphatic carbocycles. The monoisotopic (exact) mass is 312 g/mol. The Morgan fingerprint density at radius 2 is 1.78 bits per heavy atom. The maximum atomic E-state index is 12.3. The molecule has 2 bridgehead atoms. The molecule has 1 aromatic carbocycles. The fourth-order valence-corrected chi connectivity index (χ4v) is 5.35. The van der Waals surface area contributed by atoms with Crippen LogP contribution in [-0.2, 0) is 12.8 Å². The molecule has 2 N–H and O–H groups in total. The van der Waals surface area contributed by atoms with Crippen molar-refractivity contribution in [3.05, 3.63) is 34.4 Å². The van der Waals surface area contributed by atoms with E-state index in [1.165, 1.54) is 61.6 Å². The van der Waals surface area contributed by atoms with Gasteiger partial charge in [0.15, 0.2) is 0 Å². The SMILES string of the molecule is CN1[C@@H]2CCC[C@H]1CC(c1ccc3c(c1C(N)=O)CCCC3)C2. The third kappa shape index (κ3) is 2.59. The molecule has 2 heterocycles. The van der Waals surface area contributed by atoms with E-state index in [1.807, 2.05) is 0 Å². The molecule has 1 amide bonds. The summed E-state index contributed by atoms with van der Waals surface area (Å²) in [6.45, 7) is 0. The second-order valence-electron chi connectivity index (χ2n) is 7.81. The number of benzene rings is 1. The van der Waals surface area contributed by atoms with E-state index >= 15 is 0 Å². The molecule has 1 unspecified atom stereocenters. The largest absolute Gasteiger partial charge is 0.366 e. The van der Waals surface area contributed by atoms with Crippen LogP contribution in [0.5, 0.6) is 0 Å². The molecule has 0 radical (unpaired) electrons. The fourth-order valence-electron chi connectivity index (χ4n) is 5.35. The zero-order chi connectivity index (χ0) is 16.0. The van der Waals surface area contributed by atoms with E-state index in [-0.39, 0.29) is 5.91 Å². The molecule has 3 aliphatic rings. The molecule has 2 saturated heterocycles. The van der Waals surface area contributed by atoms with Gasteiger partial charge in [0.2, 0.25) is 5.91 Å². The minimum atomic E-state index is -0.206. The second kappa shape index (κ2) is 5.94. The summed E-state index contributed by atoms with van der Waals surface area (Å²) in [5.41, 5.74) is 10.6. The van der Waals surface area contributed by atoms with Gasteiger partial charge in [0.05, 0.1) is 0 Å². The molecular weight excluding hydrogens is 284 g/mol. The molecule has 1 aromatic rings. The first-order valence-electron chi connectivity index (χ1n) is 9.31. The second-order valence-corrected chi connectivity index (χ2v) is 7.81. The average Bonchev–Trinajstić information content (AvgIpc) is 2.53. The van der Waals surface area contributed by atoms with Crippen LogP contribution in [0.25, 0.3) is 0 Å². The number of nitrogens with zero attached hydrogens (tertiary/aromatic N) is 1. The molecule has 4 rings (SSSR count). The summed E-state index contributed by atoms with van der Waals surface area (Å²) in [5.74, 6) is 0.305. The van der Waals surface area contributed by atoms with Gasteiger partial charge in [-0.05, 0) is 81.0 Å². The Morgan fingerprint density at radius 1 is 1.09 bits per heavy atom. The summed E-state index contributed by atoms with van der Waals surface area (Å²) in [4.78, 5) is 14.8. The average molecular weight is 312 g/mol. The number of hydrogen-bond acceptors (Lipinski definition) is 2. The van der Waals surface area contributed by atoms with Crippen molar-refractivity contribution in [2.75, 3.05) is 7.05 Å². The molecule has 0 spiro atoms. The van der Waals surface area contributed by atoms with E-state index in [4.69, 9.17) is 5.73 Å². The highest BCUT2D eigenvalue weighted by atomic mass is 16.1. The third-order valence-electron chi connectivity index (χ3n) is 6.59. The van der Waals surface area contributed by atoms with Crippen LogP contribution in [0.1, 0.15) is 77.9 Å². The minimum Gasteiger partial charge on any atom is -0.366 e. The van der Waals surface area contributed by atoms with Crippen LogP contribution in [-0.4, -0.2) is 29.9 Å². The zero-order valence-electron chi connectivity index (χ0n) is 14.2. The molecule has 2 fully saturated rings. The van der Waals surface area contributed by atoms with Gasteiger partial charge in [0.25, 0.3) is 0 Å². The molecule has 0 aromatic heterocycles. The van der Waals surface area contributed by atoms with Crippen molar-refractivity contribution in [1.29, 1.82) is 0 Å². The number of carbonyl (C=O) groups excluding carboxylic acids is 1. The third-order valence-corrected chi connectivity index (χ3v) is 6.59. The molecule has 3 nitrogen and oxygen atoms in total. The van der Waals surface area contributed by atoms with Crippen molar-refractivity contribution < 1.29 is 4.79 Å². The van der Waals surface area contributed by atoms with Crippen molar-refractivity contribution in [3.63, 3.8) is 0 Å². The van der Waals surface area contributed by atoms with E-state index in [1.54, 1.807) is 0 Å². The summed E-state index contributed by atoms with van der Waals surface area (Å²) in [6.07, 6.45) is 10.9. The van der Waals surface area contributed by atoms with Crippen LogP contribution in [0.2, 0.25) is 0 Å². The Morgan fingerprint density at radius 3 is 2.48 bits per heavy atom. The van der Waals surface area contributed by atoms with E-state index < -0.39 is 0 Å². The minimum absolute atomic E-state index is 0.206. The van der Waals surface area contributed by atoms with Gasteiger partial charge in [-0.1, -0.05) is 18.6 Å². The molecular formula is C20H28N2O. The maximum Gasteiger partial charge on any atom is 0.249 e. The first kappa shape index (κ1) is 15.2. The van der Waals surface area contributed by atoms with Crippen molar-refractivity contribution in [2.45, 2.75) is 75.8 Å². The predicted molar refractivity (Wildman–Crippen MR) is 92.8 cm³/mol. The Bertz CT molecular complexity index is 610. The highest BCUT2D eigenvalue weighted by molar-refractivity contribution is 5.96. The van der Waals surface area contributed by atoms with E-state index in [9.17, 15) is 4.79 Å². The van der Waals surface area contributed by atoms with Gasteiger partial charge >= 0.3 is 0 Å². The van der Waals surface area contributed by atoms with Gasteiger partial charge in [-0.3, -0.25) is 4.79 Å². The van der Waals surface area contributed by atoms with Gasteiger partial charge in [0, 0.05) is 17.6 Å². The standard InChI is InChI=1S/C20H28N2O/c1-22-15-6-4-7-16(22)12-14(11-15)18-10-9-13-5-2-3-8-17(13)19(18)20(21)23/h9-10,14-16H,2-8,11-12H2,1H3,(H2,21,23)/t14?,15-,16+. The van der Waals surface area contributed by atoms with Crippen LogP contribution in [0.3, 0.4) is 0 Å². The van der Waals surface area contributed by atoms with Gasteiger partial charge in [-0.2, -0.15) is 0 Å². The normalized spacial score (nSPS) is 30.7. The molecule has 2 aliphatic heterocycles. The van der Waals surface area contributed by atoms with Crippen LogP contribution in [0.4, 0.5) is 0 Å².